The maximum Gasteiger partial charge on any atom is 0.276 e. The molecular formula is C21H26N6O3. The summed E-state index contributed by atoms with van der Waals surface area (Å²) in [6, 6.07) is 4.71. The molecule has 1 saturated heterocycles. The van der Waals surface area contributed by atoms with E-state index in [2.05, 4.69) is 15.2 Å². The Morgan fingerprint density at radius 2 is 2.03 bits per heavy atom. The van der Waals surface area contributed by atoms with Gasteiger partial charge >= 0.3 is 0 Å². The average Bonchev–Trinajstić information content (AvgIpc) is 3.15. The summed E-state index contributed by atoms with van der Waals surface area (Å²) in [4.78, 5) is 44.2. The number of aryl methyl sites for hydroxylation is 2. The second-order valence-corrected chi connectivity index (χ2v) is 7.81. The zero-order valence-corrected chi connectivity index (χ0v) is 17.5. The zero-order chi connectivity index (χ0) is 21.4. The molecule has 1 atom stereocenters. The van der Waals surface area contributed by atoms with E-state index >= 15 is 0 Å². The first-order valence-corrected chi connectivity index (χ1v) is 10.3. The van der Waals surface area contributed by atoms with Crippen molar-refractivity contribution in [2.45, 2.75) is 59.0 Å². The van der Waals surface area contributed by atoms with Gasteiger partial charge in [0, 0.05) is 29.9 Å². The van der Waals surface area contributed by atoms with Crippen LogP contribution in [0.25, 0.3) is 5.65 Å². The van der Waals surface area contributed by atoms with Crippen molar-refractivity contribution < 1.29 is 4.79 Å². The van der Waals surface area contributed by atoms with Gasteiger partial charge in [0.25, 0.3) is 11.1 Å². The number of amides is 1. The summed E-state index contributed by atoms with van der Waals surface area (Å²) < 4.78 is 2.67. The lowest BCUT2D eigenvalue weighted by atomic mass is 9.99. The summed E-state index contributed by atoms with van der Waals surface area (Å²) in [7, 11) is 0. The first-order valence-electron chi connectivity index (χ1n) is 10.3. The molecule has 1 aliphatic rings. The summed E-state index contributed by atoms with van der Waals surface area (Å²) in [6.45, 7) is 6.06. The van der Waals surface area contributed by atoms with Crippen LogP contribution in [0.4, 0.5) is 0 Å². The fourth-order valence-corrected chi connectivity index (χ4v) is 4.20. The van der Waals surface area contributed by atoms with Gasteiger partial charge in [0.1, 0.15) is 6.54 Å². The lowest BCUT2D eigenvalue weighted by Crippen LogP contribution is -2.42. The standard InChI is InChI=1S/C21H26N6O3/c1-4-15-14(3)22-18-11-16(24-27(18)21(15)30)17-7-5-6-10-25(17)20(29)12-26-19(28)9-8-13(2)23-26/h8-9,11,17,24H,4-7,10,12H2,1-3H3. The van der Waals surface area contributed by atoms with Crippen molar-refractivity contribution in [3.63, 3.8) is 0 Å². The Labute approximate surface area is 173 Å². The molecule has 0 bridgehead atoms. The largest absolute Gasteiger partial charge is 0.333 e. The number of nitrogens with one attached hydrogen (secondary N) is 1. The van der Waals surface area contributed by atoms with Gasteiger partial charge in [-0.3, -0.25) is 19.5 Å². The van der Waals surface area contributed by atoms with Crippen LogP contribution < -0.4 is 11.1 Å². The molecule has 0 aromatic carbocycles. The molecule has 4 heterocycles. The third-order valence-corrected chi connectivity index (χ3v) is 5.76. The Morgan fingerprint density at radius 1 is 1.23 bits per heavy atom. The molecule has 1 amide bonds. The van der Waals surface area contributed by atoms with Gasteiger partial charge in [-0.05, 0) is 45.6 Å². The van der Waals surface area contributed by atoms with Crippen LogP contribution in [0.3, 0.4) is 0 Å². The number of H-pyrrole nitrogens is 1. The number of hydrogen-bond donors (Lipinski definition) is 1. The van der Waals surface area contributed by atoms with Gasteiger partial charge in [0.15, 0.2) is 5.65 Å². The van der Waals surface area contributed by atoms with Crippen molar-refractivity contribution in [3.8, 4) is 0 Å². The van der Waals surface area contributed by atoms with Crippen molar-refractivity contribution >= 4 is 11.6 Å². The fourth-order valence-electron chi connectivity index (χ4n) is 4.20. The predicted octanol–water partition coefficient (Wildman–Crippen LogP) is 1.51. The summed E-state index contributed by atoms with van der Waals surface area (Å²) in [5, 5.41) is 7.34. The van der Waals surface area contributed by atoms with E-state index in [4.69, 9.17) is 0 Å². The molecule has 1 aliphatic heterocycles. The maximum absolute atomic E-state index is 13.1. The van der Waals surface area contributed by atoms with E-state index in [1.165, 1.54) is 15.3 Å². The fraction of sp³-hybridized carbons (Fsp3) is 0.476. The van der Waals surface area contributed by atoms with E-state index in [0.717, 1.165) is 30.7 Å². The number of hydrogen-bond acceptors (Lipinski definition) is 5. The minimum absolute atomic E-state index is 0.101. The number of rotatable bonds is 4. The van der Waals surface area contributed by atoms with Gasteiger partial charge in [-0.1, -0.05) is 6.92 Å². The molecule has 9 nitrogen and oxygen atoms in total. The lowest BCUT2D eigenvalue weighted by Gasteiger charge is -2.35. The SMILES string of the molecule is CCc1c(C)nc2cc(C3CCCCN3C(=O)Cn3nc(C)ccc3=O)[nH]n2c1=O. The maximum atomic E-state index is 13.1. The monoisotopic (exact) mass is 410 g/mol. The van der Waals surface area contributed by atoms with Crippen molar-refractivity contribution in [1.29, 1.82) is 0 Å². The highest BCUT2D eigenvalue weighted by molar-refractivity contribution is 5.76. The van der Waals surface area contributed by atoms with Crippen LogP contribution in [0, 0.1) is 13.8 Å². The molecule has 158 valence electrons. The third kappa shape index (κ3) is 3.55. The first-order chi connectivity index (χ1) is 14.4. The molecular weight excluding hydrogens is 384 g/mol. The Morgan fingerprint density at radius 3 is 2.80 bits per heavy atom. The molecule has 3 aromatic heterocycles. The van der Waals surface area contributed by atoms with E-state index in [-0.39, 0.29) is 29.6 Å². The number of carbonyl (C=O) groups excluding carboxylic acids is 1. The molecule has 3 aromatic rings. The van der Waals surface area contributed by atoms with Gasteiger partial charge < -0.3 is 4.90 Å². The Bertz CT molecular complexity index is 1220. The van der Waals surface area contributed by atoms with Gasteiger partial charge in [-0.2, -0.15) is 5.10 Å². The first kappa shape index (κ1) is 20.1. The molecule has 1 unspecified atom stereocenters. The molecule has 9 heteroatoms. The van der Waals surface area contributed by atoms with Crippen molar-refractivity contribution in [2.24, 2.45) is 0 Å². The quantitative estimate of drug-likeness (QED) is 0.702. The Kier molecular flexibility index (Phi) is 5.27. The molecule has 1 N–H and O–H groups in total. The lowest BCUT2D eigenvalue weighted by molar-refractivity contribution is -0.136. The highest BCUT2D eigenvalue weighted by atomic mass is 16.2. The molecule has 1 fully saturated rings. The second-order valence-electron chi connectivity index (χ2n) is 7.81. The predicted molar refractivity (Wildman–Crippen MR) is 111 cm³/mol. The second kappa shape index (κ2) is 7.89. The van der Waals surface area contributed by atoms with Crippen LogP contribution in [0.1, 0.15) is 54.9 Å². The molecule has 0 radical (unpaired) electrons. The zero-order valence-electron chi connectivity index (χ0n) is 17.5. The highest BCUT2D eigenvalue weighted by Crippen LogP contribution is 2.30. The normalized spacial score (nSPS) is 16.9. The molecule has 0 saturated carbocycles. The van der Waals surface area contributed by atoms with E-state index in [1.54, 1.807) is 17.9 Å². The van der Waals surface area contributed by atoms with Crippen LogP contribution in [-0.4, -0.2) is 41.7 Å². The number of aromatic nitrogens is 5. The Hall–Kier alpha value is -3.23. The third-order valence-electron chi connectivity index (χ3n) is 5.76. The van der Waals surface area contributed by atoms with Gasteiger partial charge in [-0.25, -0.2) is 14.2 Å². The summed E-state index contributed by atoms with van der Waals surface area (Å²) in [6.07, 6.45) is 3.27. The minimum Gasteiger partial charge on any atom is -0.333 e. The van der Waals surface area contributed by atoms with Crippen LogP contribution >= 0.6 is 0 Å². The van der Waals surface area contributed by atoms with Crippen LogP contribution in [0.5, 0.6) is 0 Å². The number of likely N-dealkylation sites (tertiary alicyclic amines) is 1. The van der Waals surface area contributed by atoms with Crippen LogP contribution in [0.2, 0.25) is 0 Å². The van der Waals surface area contributed by atoms with Crippen molar-refractivity contribution in [3.05, 3.63) is 61.6 Å². The van der Waals surface area contributed by atoms with Crippen molar-refractivity contribution in [2.75, 3.05) is 6.54 Å². The van der Waals surface area contributed by atoms with E-state index in [9.17, 15) is 14.4 Å². The van der Waals surface area contributed by atoms with E-state index in [0.29, 0.717) is 29.9 Å². The van der Waals surface area contributed by atoms with Crippen LogP contribution in [0.15, 0.2) is 27.8 Å². The summed E-state index contributed by atoms with van der Waals surface area (Å²) >= 11 is 0. The van der Waals surface area contributed by atoms with E-state index < -0.39 is 0 Å². The number of piperidine rings is 1. The number of nitrogens with zero attached hydrogens (tertiary/aromatic N) is 5. The van der Waals surface area contributed by atoms with Gasteiger partial charge in [0.2, 0.25) is 5.91 Å². The van der Waals surface area contributed by atoms with Gasteiger partial charge in [-0.15, -0.1) is 0 Å². The number of fused-ring (bicyclic) bond motifs is 1. The van der Waals surface area contributed by atoms with E-state index in [1.807, 2.05) is 19.9 Å². The molecule has 0 spiro atoms. The van der Waals surface area contributed by atoms with Crippen LogP contribution in [-0.2, 0) is 17.8 Å². The topological polar surface area (TPSA) is 105 Å². The summed E-state index contributed by atoms with van der Waals surface area (Å²) in [5.41, 5.74) is 3.03. The van der Waals surface area contributed by atoms with Gasteiger partial charge in [0.05, 0.1) is 17.4 Å². The smallest absolute Gasteiger partial charge is 0.276 e. The molecule has 4 rings (SSSR count). The van der Waals surface area contributed by atoms with Crippen molar-refractivity contribution in [1.82, 2.24) is 29.3 Å². The number of aromatic amines is 1. The summed E-state index contributed by atoms with van der Waals surface area (Å²) in [5.74, 6) is -0.163. The highest BCUT2D eigenvalue weighted by Gasteiger charge is 2.30. The average molecular weight is 410 g/mol. The number of carbonyl (C=O) groups is 1. The molecule has 0 aliphatic carbocycles. The minimum atomic E-state index is -0.300. The Balaban J connectivity index is 1.68. The molecule has 30 heavy (non-hydrogen) atoms.